The van der Waals surface area contributed by atoms with Gasteiger partial charge >= 0.3 is 6.03 Å². The molecular formula is C28H28BrClN4O4. The summed E-state index contributed by atoms with van der Waals surface area (Å²) < 4.78 is 13.1. The second-order valence-electron chi connectivity index (χ2n) is 8.60. The fraction of sp³-hybridized carbons (Fsp3) is 0.250. The van der Waals surface area contributed by atoms with Gasteiger partial charge in [0.25, 0.3) is 5.56 Å². The molecule has 0 aliphatic heterocycles. The SMILES string of the molecule is CCCN(C(=O)Nc1cccc(Cl)c1)C(C)c1nc2ccccc2c(=O)n1-c1cc(OC)cc(OC)c1Br. The van der Waals surface area contributed by atoms with E-state index < -0.39 is 6.04 Å². The van der Waals surface area contributed by atoms with Crippen molar-refractivity contribution in [2.75, 3.05) is 26.1 Å². The molecule has 0 aliphatic carbocycles. The van der Waals surface area contributed by atoms with Crippen molar-refractivity contribution in [3.8, 4) is 17.2 Å². The predicted octanol–water partition coefficient (Wildman–Crippen LogP) is 6.82. The lowest BCUT2D eigenvalue weighted by Crippen LogP contribution is -2.40. The highest BCUT2D eigenvalue weighted by atomic mass is 79.9. The number of nitrogens with zero attached hydrogens (tertiary/aromatic N) is 3. The van der Waals surface area contributed by atoms with Crippen molar-refractivity contribution in [3.05, 3.63) is 86.3 Å². The first kappa shape index (κ1) is 27.5. The molecule has 0 radical (unpaired) electrons. The van der Waals surface area contributed by atoms with Crippen molar-refractivity contribution in [1.82, 2.24) is 14.5 Å². The van der Waals surface area contributed by atoms with Gasteiger partial charge in [0, 0.05) is 29.4 Å². The summed E-state index contributed by atoms with van der Waals surface area (Å²) in [4.78, 5) is 34.0. The van der Waals surface area contributed by atoms with Gasteiger partial charge in [-0.05, 0) is 59.6 Å². The zero-order valence-electron chi connectivity index (χ0n) is 21.5. The lowest BCUT2D eigenvalue weighted by atomic mass is 10.1. The van der Waals surface area contributed by atoms with Crippen molar-refractivity contribution >= 4 is 50.2 Å². The number of methoxy groups -OCH3 is 2. The molecule has 10 heteroatoms. The first-order chi connectivity index (χ1) is 18.3. The van der Waals surface area contributed by atoms with Crippen molar-refractivity contribution in [2.45, 2.75) is 26.3 Å². The number of benzene rings is 3. The van der Waals surface area contributed by atoms with Crippen molar-refractivity contribution in [3.63, 3.8) is 0 Å². The van der Waals surface area contributed by atoms with Gasteiger partial charge in [-0.25, -0.2) is 9.78 Å². The molecule has 0 aliphatic rings. The molecule has 1 heterocycles. The maximum Gasteiger partial charge on any atom is 0.322 e. The quantitative estimate of drug-likeness (QED) is 0.240. The summed E-state index contributed by atoms with van der Waals surface area (Å²) >= 11 is 9.71. The predicted molar refractivity (Wildman–Crippen MR) is 154 cm³/mol. The van der Waals surface area contributed by atoms with Crippen LogP contribution in [-0.4, -0.2) is 41.2 Å². The van der Waals surface area contributed by atoms with Crippen LogP contribution in [0.15, 0.2) is 69.9 Å². The molecule has 0 saturated carbocycles. The van der Waals surface area contributed by atoms with E-state index in [4.69, 9.17) is 26.1 Å². The largest absolute Gasteiger partial charge is 0.497 e. The van der Waals surface area contributed by atoms with E-state index in [1.54, 1.807) is 66.6 Å². The summed E-state index contributed by atoms with van der Waals surface area (Å²) in [5.41, 5.74) is 1.31. The van der Waals surface area contributed by atoms with Crippen LogP contribution in [0.4, 0.5) is 10.5 Å². The molecule has 0 bridgehead atoms. The van der Waals surface area contributed by atoms with Crippen LogP contribution >= 0.6 is 27.5 Å². The van der Waals surface area contributed by atoms with E-state index in [2.05, 4.69) is 21.2 Å². The minimum atomic E-state index is -0.587. The van der Waals surface area contributed by atoms with Crippen molar-refractivity contribution < 1.29 is 14.3 Å². The fourth-order valence-electron chi connectivity index (χ4n) is 4.26. The number of carbonyl (C=O) groups excluding carboxylic acids is 1. The fourth-order valence-corrected chi connectivity index (χ4v) is 5.02. The summed E-state index contributed by atoms with van der Waals surface area (Å²) in [6.07, 6.45) is 0.696. The van der Waals surface area contributed by atoms with E-state index in [0.717, 1.165) is 0 Å². The number of carbonyl (C=O) groups is 1. The molecule has 3 aromatic carbocycles. The van der Waals surface area contributed by atoms with Crippen LogP contribution in [0.1, 0.15) is 32.1 Å². The maximum absolute atomic E-state index is 14.0. The highest BCUT2D eigenvalue weighted by Crippen LogP contribution is 2.37. The summed E-state index contributed by atoms with van der Waals surface area (Å²) in [7, 11) is 3.08. The maximum atomic E-state index is 14.0. The highest BCUT2D eigenvalue weighted by molar-refractivity contribution is 9.10. The molecular weight excluding hydrogens is 572 g/mol. The number of para-hydroxylation sites is 1. The van der Waals surface area contributed by atoms with Crippen LogP contribution in [-0.2, 0) is 0 Å². The van der Waals surface area contributed by atoms with Crippen LogP contribution in [0.2, 0.25) is 5.02 Å². The molecule has 198 valence electrons. The molecule has 1 unspecified atom stereocenters. The number of fused-ring (bicyclic) bond motifs is 1. The lowest BCUT2D eigenvalue weighted by molar-refractivity contribution is 0.189. The topological polar surface area (TPSA) is 85.7 Å². The summed E-state index contributed by atoms with van der Waals surface area (Å²) in [6, 6.07) is 16.6. The van der Waals surface area contributed by atoms with Gasteiger partial charge in [0.15, 0.2) is 0 Å². The Morgan fingerprint density at radius 1 is 1.13 bits per heavy atom. The van der Waals surface area contributed by atoms with E-state index in [0.29, 0.717) is 62.1 Å². The molecule has 0 saturated heterocycles. The monoisotopic (exact) mass is 598 g/mol. The number of rotatable bonds is 8. The summed E-state index contributed by atoms with van der Waals surface area (Å²) in [5, 5.41) is 3.88. The third-order valence-electron chi connectivity index (χ3n) is 6.13. The zero-order valence-corrected chi connectivity index (χ0v) is 23.8. The Hall–Kier alpha value is -3.56. The molecule has 1 N–H and O–H groups in total. The number of urea groups is 1. The minimum Gasteiger partial charge on any atom is -0.497 e. The summed E-state index contributed by atoms with van der Waals surface area (Å²) in [5.74, 6) is 1.38. The smallest absolute Gasteiger partial charge is 0.322 e. The second kappa shape index (κ2) is 11.9. The third kappa shape index (κ3) is 5.49. The Morgan fingerprint density at radius 2 is 1.89 bits per heavy atom. The number of aromatic nitrogens is 2. The Labute approximate surface area is 234 Å². The molecule has 0 spiro atoms. The van der Waals surface area contributed by atoms with Crippen LogP contribution in [0.5, 0.6) is 11.5 Å². The normalized spacial score (nSPS) is 11.7. The van der Waals surface area contributed by atoms with Gasteiger partial charge in [0.2, 0.25) is 0 Å². The standard InChI is InChI=1S/C28H28BrClN4O4/c1-5-13-33(28(36)31-19-10-8-9-18(30)14-19)17(2)26-32-22-12-7-6-11-21(22)27(35)34(26)23-15-20(37-3)16-24(38-4)25(23)29/h6-12,14-17H,5,13H2,1-4H3,(H,31,36). The van der Waals surface area contributed by atoms with Crippen LogP contribution < -0.4 is 20.3 Å². The molecule has 8 nitrogen and oxygen atoms in total. The van der Waals surface area contributed by atoms with Crippen LogP contribution in [0.25, 0.3) is 16.6 Å². The van der Waals surface area contributed by atoms with Gasteiger partial charge in [-0.2, -0.15) is 0 Å². The molecule has 2 amide bonds. The number of amides is 2. The van der Waals surface area contributed by atoms with Gasteiger partial charge in [-0.1, -0.05) is 36.7 Å². The lowest BCUT2D eigenvalue weighted by Gasteiger charge is -2.30. The molecule has 1 aromatic heterocycles. The Kier molecular flexibility index (Phi) is 8.58. The first-order valence-electron chi connectivity index (χ1n) is 12.1. The Morgan fingerprint density at radius 3 is 2.58 bits per heavy atom. The molecule has 38 heavy (non-hydrogen) atoms. The zero-order chi connectivity index (χ0) is 27.4. The van der Waals surface area contributed by atoms with Crippen LogP contribution in [0.3, 0.4) is 0 Å². The molecule has 0 fully saturated rings. The Bertz CT molecular complexity index is 1540. The molecule has 4 rings (SSSR count). The van der Waals surface area contributed by atoms with Crippen LogP contribution in [0, 0.1) is 0 Å². The highest BCUT2D eigenvalue weighted by Gasteiger charge is 2.28. The van der Waals surface area contributed by atoms with E-state index in [9.17, 15) is 9.59 Å². The van der Waals surface area contributed by atoms with E-state index >= 15 is 0 Å². The van der Waals surface area contributed by atoms with E-state index in [1.165, 1.54) is 11.7 Å². The summed E-state index contributed by atoms with van der Waals surface area (Å²) in [6.45, 7) is 4.27. The Balaban J connectivity index is 1.91. The van der Waals surface area contributed by atoms with Gasteiger partial charge in [-0.3, -0.25) is 9.36 Å². The number of halogens is 2. The molecule has 1 atom stereocenters. The average Bonchev–Trinajstić information content (AvgIpc) is 2.91. The number of hydrogen-bond donors (Lipinski definition) is 1. The molecule has 4 aromatic rings. The minimum absolute atomic E-state index is 0.278. The number of hydrogen-bond acceptors (Lipinski definition) is 5. The van der Waals surface area contributed by atoms with Gasteiger partial charge in [-0.15, -0.1) is 0 Å². The van der Waals surface area contributed by atoms with E-state index in [-0.39, 0.29) is 11.6 Å². The second-order valence-corrected chi connectivity index (χ2v) is 9.83. The van der Waals surface area contributed by atoms with E-state index in [1.807, 2.05) is 19.9 Å². The number of ether oxygens (including phenoxy) is 2. The van der Waals surface area contributed by atoms with Crippen molar-refractivity contribution in [1.29, 1.82) is 0 Å². The van der Waals surface area contributed by atoms with Gasteiger partial charge < -0.3 is 19.7 Å². The number of anilines is 1. The average molecular weight is 600 g/mol. The van der Waals surface area contributed by atoms with Crippen molar-refractivity contribution in [2.24, 2.45) is 0 Å². The number of nitrogens with one attached hydrogen (secondary N) is 1. The van der Waals surface area contributed by atoms with Gasteiger partial charge in [0.1, 0.15) is 17.3 Å². The van der Waals surface area contributed by atoms with Gasteiger partial charge in [0.05, 0.1) is 41.3 Å². The third-order valence-corrected chi connectivity index (χ3v) is 7.17. The first-order valence-corrected chi connectivity index (χ1v) is 13.2.